The van der Waals surface area contributed by atoms with E-state index in [9.17, 15) is 9.59 Å². The van der Waals surface area contributed by atoms with E-state index in [0.717, 1.165) is 18.9 Å². The first-order valence-corrected chi connectivity index (χ1v) is 4.98. The number of nitrogens with one attached hydrogen (secondary N) is 2. The van der Waals surface area contributed by atoms with Gasteiger partial charge in [-0.2, -0.15) is 0 Å². The molecule has 5 nitrogen and oxygen atoms in total. The van der Waals surface area contributed by atoms with Gasteiger partial charge in [0.25, 0.3) is 0 Å². The van der Waals surface area contributed by atoms with E-state index in [1.54, 1.807) is 0 Å². The summed E-state index contributed by atoms with van der Waals surface area (Å²) < 4.78 is 0. The van der Waals surface area contributed by atoms with Crippen molar-refractivity contribution in [2.24, 2.45) is 11.7 Å². The number of carbonyl (C=O) groups excluding carboxylic acids is 2. The molecule has 0 atom stereocenters. The number of rotatable bonds is 6. The highest BCUT2D eigenvalue weighted by Crippen LogP contribution is 2.33. The standard InChI is InChI=1S/C9H17N3O2/c10-9(14)12-8(13)6-11-5-1-2-7-3-4-7/h7,11H,1-6H2,(H3,10,12,13,14). The Morgan fingerprint density at radius 1 is 1.36 bits per heavy atom. The van der Waals surface area contributed by atoms with Gasteiger partial charge in [0, 0.05) is 0 Å². The number of urea groups is 1. The Labute approximate surface area is 83.4 Å². The van der Waals surface area contributed by atoms with Crippen LogP contribution in [0.4, 0.5) is 4.79 Å². The van der Waals surface area contributed by atoms with Crippen molar-refractivity contribution in [2.45, 2.75) is 25.7 Å². The second kappa shape index (κ2) is 5.59. The minimum Gasteiger partial charge on any atom is -0.351 e. The quantitative estimate of drug-likeness (QED) is 0.525. The summed E-state index contributed by atoms with van der Waals surface area (Å²) in [6.45, 7) is 0.982. The Kier molecular flexibility index (Phi) is 4.39. The number of amides is 3. The Morgan fingerprint density at radius 3 is 2.64 bits per heavy atom. The van der Waals surface area contributed by atoms with Crippen molar-refractivity contribution in [3.63, 3.8) is 0 Å². The van der Waals surface area contributed by atoms with Crippen molar-refractivity contribution in [1.82, 2.24) is 10.6 Å². The third-order valence-corrected chi connectivity index (χ3v) is 2.21. The monoisotopic (exact) mass is 199 g/mol. The van der Waals surface area contributed by atoms with Crippen LogP contribution in [0.15, 0.2) is 0 Å². The Balaban J connectivity index is 1.86. The molecule has 0 unspecified atom stereocenters. The van der Waals surface area contributed by atoms with E-state index >= 15 is 0 Å². The van der Waals surface area contributed by atoms with Gasteiger partial charge in [-0.05, 0) is 25.3 Å². The summed E-state index contributed by atoms with van der Waals surface area (Å²) in [5, 5.41) is 4.95. The second-order valence-corrected chi connectivity index (χ2v) is 3.67. The highest BCUT2D eigenvalue weighted by Gasteiger charge is 2.19. The molecule has 0 aromatic carbocycles. The van der Waals surface area contributed by atoms with Gasteiger partial charge in [-0.15, -0.1) is 0 Å². The smallest absolute Gasteiger partial charge is 0.318 e. The third kappa shape index (κ3) is 5.53. The zero-order chi connectivity index (χ0) is 10.4. The highest BCUT2D eigenvalue weighted by molar-refractivity contribution is 5.94. The lowest BCUT2D eigenvalue weighted by Gasteiger charge is -2.03. The molecule has 0 saturated heterocycles. The van der Waals surface area contributed by atoms with Crippen molar-refractivity contribution in [3.05, 3.63) is 0 Å². The zero-order valence-electron chi connectivity index (χ0n) is 8.21. The van der Waals surface area contributed by atoms with Crippen LogP contribution < -0.4 is 16.4 Å². The van der Waals surface area contributed by atoms with E-state index in [-0.39, 0.29) is 12.5 Å². The van der Waals surface area contributed by atoms with Gasteiger partial charge in [0.05, 0.1) is 6.54 Å². The molecular formula is C9H17N3O2. The van der Waals surface area contributed by atoms with Crippen LogP contribution in [0.1, 0.15) is 25.7 Å². The number of carbonyl (C=O) groups is 2. The second-order valence-electron chi connectivity index (χ2n) is 3.67. The predicted molar refractivity (Wildman–Crippen MR) is 52.6 cm³/mol. The molecule has 0 radical (unpaired) electrons. The maximum absolute atomic E-state index is 10.9. The van der Waals surface area contributed by atoms with Gasteiger partial charge in [-0.1, -0.05) is 12.8 Å². The Hall–Kier alpha value is -1.10. The van der Waals surface area contributed by atoms with Crippen LogP contribution in [0.2, 0.25) is 0 Å². The molecule has 1 saturated carbocycles. The first-order chi connectivity index (χ1) is 6.68. The molecule has 0 spiro atoms. The zero-order valence-corrected chi connectivity index (χ0v) is 8.21. The van der Waals surface area contributed by atoms with Crippen LogP contribution in [0, 0.1) is 5.92 Å². The van der Waals surface area contributed by atoms with Gasteiger partial charge in [-0.3, -0.25) is 10.1 Å². The normalized spacial score (nSPS) is 15.1. The summed E-state index contributed by atoms with van der Waals surface area (Å²) in [6.07, 6.45) is 5.06. The maximum atomic E-state index is 10.9. The lowest BCUT2D eigenvalue weighted by molar-refractivity contribution is -0.119. The van der Waals surface area contributed by atoms with Crippen LogP contribution >= 0.6 is 0 Å². The van der Waals surface area contributed by atoms with Crippen molar-refractivity contribution in [2.75, 3.05) is 13.1 Å². The van der Waals surface area contributed by atoms with E-state index in [4.69, 9.17) is 5.73 Å². The molecule has 1 rings (SSSR count). The van der Waals surface area contributed by atoms with Crippen molar-refractivity contribution < 1.29 is 9.59 Å². The van der Waals surface area contributed by atoms with Gasteiger partial charge in [-0.25, -0.2) is 4.79 Å². The lowest BCUT2D eigenvalue weighted by Crippen LogP contribution is -2.40. The SMILES string of the molecule is NC(=O)NC(=O)CNCCCC1CC1. The summed E-state index contributed by atoms with van der Waals surface area (Å²) >= 11 is 0. The first kappa shape index (κ1) is 11.0. The van der Waals surface area contributed by atoms with Crippen LogP contribution in [0.3, 0.4) is 0 Å². The molecule has 1 aliphatic rings. The minimum atomic E-state index is -0.796. The molecule has 0 aliphatic heterocycles. The predicted octanol–water partition coefficient (Wildman–Crippen LogP) is -0.0389. The summed E-state index contributed by atoms with van der Waals surface area (Å²) in [4.78, 5) is 21.1. The molecule has 5 heteroatoms. The fourth-order valence-electron chi connectivity index (χ4n) is 1.31. The molecule has 0 aromatic rings. The van der Waals surface area contributed by atoms with E-state index in [1.807, 2.05) is 5.32 Å². The van der Waals surface area contributed by atoms with E-state index in [0.29, 0.717) is 0 Å². The minimum absolute atomic E-state index is 0.160. The van der Waals surface area contributed by atoms with Crippen molar-refractivity contribution in [3.8, 4) is 0 Å². The van der Waals surface area contributed by atoms with Gasteiger partial charge in [0.2, 0.25) is 5.91 Å². The molecule has 1 aliphatic carbocycles. The number of primary amides is 1. The summed E-state index contributed by atoms with van der Waals surface area (Å²) in [7, 11) is 0. The van der Waals surface area contributed by atoms with Crippen LogP contribution in [0.5, 0.6) is 0 Å². The molecule has 0 bridgehead atoms. The van der Waals surface area contributed by atoms with E-state index in [1.165, 1.54) is 19.3 Å². The fourth-order valence-corrected chi connectivity index (χ4v) is 1.31. The van der Waals surface area contributed by atoms with Crippen molar-refractivity contribution >= 4 is 11.9 Å². The molecule has 80 valence electrons. The lowest BCUT2D eigenvalue weighted by atomic mass is 10.2. The third-order valence-electron chi connectivity index (χ3n) is 2.21. The van der Waals surface area contributed by atoms with E-state index in [2.05, 4.69) is 5.32 Å². The number of imide groups is 1. The Morgan fingerprint density at radius 2 is 2.07 bits per heavy atom. The van der Waals surface area contributed by atoms with Gasteiger partial charge in [0.1, 0.15) is 0 Å². The molecule has 14 heavy (non-hydrogen) atoms. The van der Waals surface area contributed by atoms with Crippen LogP contribution in [-0.4, -0.2) is 25.0 Å². The van der Waals surface area contributed by atoms with Crippen LogP contribution in [0.25, 0.3) is 0 Å². The van der Waals surface area contributed by atoms with Gasteiger partial charge in [0.15, 0.2) is 0 Å². The Bertz CT molecular complexity index is 214. The molecule has 1 fully saturated rings. The maximum Gasteiger partial charge on any atom is 0.318 e. The van der Waals surface area contributed by atoms with Gasteiger partial charge >= 0.3 is 6.03 Å². The van der Waals surface area contributed by atoms with Gasteiger partial charge < -0.3 is 11.1 Å². The molecule has 4 N–H and O–H groups in total. The first-order valence-electron chi connectivity index (χ1n) is 4.98. The summed E-state index contributed by atoms with van der Waals surface area (Å²) in [5.41, 5.74) is 4.77. The summed E-state index contributed by atoms with van der Waals surface area (Å²) in [5.74, 6) is 0.556. The average molecular weight is 199 g/mol. The van der Waals surface area contributed by atoms with Crippen molar-refractivity contribution in [1.29, 1.82) is 0 Å². The summed E-state index contributed by atoms with van der Waals surface area (Å²) in [6, 6.07) is -0.796. The number of hydrogen-bond donors (Lipinski definition) is 3. The number of hydrogen-bond acceptors (Lipinski definition) is 3. The fraction of sp³-hybridized carbons (Fsp3) is 0.778. The van der Waals surface area contributed by atoms with Crippen LogP contribution in [-0.2, 0) is 4.79 Å². The average Bonchev–Trinajstić information content (AvgIpc) is 2.86. The highest BCUT2D eigenvalue weighted by atomic mass is 16.2. The van der Waals surface area contributed by atoms with E-state index < -0.39 is 6.03 Å². The number of nitrogens with two attached hydrogens (primary N) is 1. The molecule has 0 aromatic heterocycles. The largest absolute Gasteiger partial charge is 0.351 e. The molecule has 3 amide bonds. The molecular weight excluding hydrogens is 182 g/mol. The molecule has 0 heterocycles. The topological polar surface area (TPSA) is 84.2 Å².